The molecule has 0 N–H and O–H groups in total. The van der Waals surface area contributed by atoms with Gasteiger partial charge >= 0.3 is 0 Å². The third-order valence-electron chi connectivity index (χ3n) is 6.21. The van der Waals surface area contributed by atoms with Crippen LogP contribution in [0.1, 0.15) is 16.7 Å². The van der Waals surface area contributed by atoms with E-state index in [4.69, 9.17) is 4.74 Å². The summed E-state index contributed by atoms with van der Waals surface area (Å²) in [6.07, 6.45) is 8.82. The number of hydrogen-bond acceptors (Lipinski definition) is 1. The molecule has 1 aliphatic heterocycles. The number of rotatable bonds is 0. The summed E-state index contributed by atoms with van der Waals surface area (Å²) in [7, 11) is 0. The van der Waals surface area contributed by atoms with Crippen LogP contribution in [0.3, 0.4) is 0 Å². The highest BCUT2D eigenvalue weighted by Gasteiger charge is 2.55. The quantitative estimate of drug-likeness (QED) is 0.422. The first kappa shape index (κ1) is 15.5. The second-order valence-electron chi connectivity index (χ2n) is 7.42. The molecule has 1 nitrogen and oxygen atoms in total. The first-order valence-corrected chi connectivity index (χ1v) is 10.1. The molecule has 3 aromatic carbocycles. The van der Waals surface area contributed by atoms with Crippen molar-refractivity contribution in [3.63, 3.8) is 0 Å². The number of halogens is 1. The molecule has 0 bridgehead atoms. The standard InChI is InChI=1S/C25H17BrO/c26-16-13-14-24-22(15-16)25(21-11-5-6-12-23(21)27-24)19-9-3-1-7-17(19)18-8-2-4-10-20(18)25/h1-15,21,23H. The molecule has 0 aromatic heterocycles. The summed E-state index contributed by atoms with van der Waals surface area (Å²) >= 11 is 3.70. The zero-order valence-electron chi connectivity index (χ0n) is 14.6. The van der Waals surface area contributed by atoms with Gasteiger partial charge in [-0.2, -0.15) is 0 Å². The van der Waals surface area contributed by atoms with Gasteiger partial charge in [-0.25, -0.2) is 0 Å². The van der Waals surface area contributed by atoms with Crippen molar-refractivity contribution in [3.8, 4) is 16.9 Å². The van der Waals surface area contributed by atoms with E-state index in [1.165, 1.54) is 27.8 Å². The van der Waals surface area contributed by atoms with Crippen LogP contribution >= 0.6 is 15.9 Å². The van der Waals surface area contributed by atoms with Crippen LogP contribution in [0.25, 0.3) is 11.1 Å². The van der Waals surface area contributed by atoms with Gasteiger partial charge in [-0.15, -0.1) is 0 Å². The van der Waals surface area contributed by atoms with Crippen molar-refractivity contribution >= 4 is 15.9 Å². The molecule has 130 valence electrons. The highest BCUT2D eigenvalue weighted by Crippen LogP contribution is 2.61. The van der Waals surface area contributed by atoms with Crippen LogP contribution in [0.15, 0.2) is 95.5 Å². The average Bonchev–Trinajstić information content (AvgIpc) is 3.01. The predicted octanol–water partition coefficient (Wildman–Crippen LogP) is 6.27. The van der Waals surface area contributed by atoms with Crippen molar-refractivity contribution in [1.82, 2.24) is 0 Å². The molecule has 0 saturated heterocycles. The van der Waals surface area contributed by atoms with E-state index >= 15 is 0 Å². The van der Waals surface area contributed by atoms with E-state index in [9.17, 15) is 0 Å². The Morgan fingerprint density at radius 3 is 2.15 bits per heavy atom. The zero-order chi connectivity index (χ0) is 18.0. The van der Waals surface area contributed by atoms with Crippen LogP contribution in [0, 0.1) is 5.92 Å². The first-order chi connectivity index (χ1) is 13.3. The Kier molecular flexibility index (Phi) is 3.13. The molecule has 2 aliphatic carbocycles. The maximum atomic E-state index is 6.45. The Balaban J connectivity index is 1.80. The molecule has 3 aliphatic rings. The predicted molar refractivity (Wildman–Crippen MR) is 112 cm³/mol. The van der Waals surface area contributed by atoms with Crippen LogP contribution in [0.4, 0.5) is 0 Å². The molecule has 1 spiro atoms. The monoisotopic (exact) mass is 412 g/mol. The maximum Gasteiger partial charge on any atom is 0.125 e. The molecule has 2 heteroatoms. The molecule has 2 atom stereocenters. The third-order valence-corrected chi connectivity index (χ3v) is 6.70. The van der Waals surface area contributed by atoms with Gasteiger partial charge in [0.05, 0.1) is 5.41 Å². The van der Waals surface area contributed by atoms with Crippen molar-refractivity contribution in [2.24, 2.45) is 5.92 Å². The van der Waals surface area contributed by atoms with E-state index in [0.717, 1.165) is 10.2 Å². The van der Waals surface area contributed by atoms with Gasteiger partial charge in [0.2, 0.25) is 0 Å². The van der Waals surface area contributed by atoms with Gasteiger partial charge < -0.3 is 4.74 Å². The smallest absolute Gasteiger partial charge is 0.125 e. The normalized spacial score (nSPS) is 22.6. The highest BCUT2D eigenvalue weighted by atomic mass is 79.9. The summed E-state index contributed by atoms with van der Waals surface area (Å²) < 4.78 is 7.53. The number of allylic oxidation sites excluding steroid dienone is 2. The van der Waals surface area contributed by atoms with Crippen molar-refractivity contribution in [3.05, 3.63) is 112 Å². The largest absolute Gasteiger partial charge is 0.485 e. The lowest BCUT2D eigenvalue weighted by Crippen LogP contribution is -2.47. The fourth-order valence-corrected chi connectivity index (χ4v) is 5.61. The minimum absolute atomic E-state index is 0.0305. The van der Waals surface area contributed by atoms with E-state index in [1.54, 1.807) is 0 Å². The van der Waals surface area contributed by atoms with E-state index < -0.39 is 0 Å². The second-order valence-corrected chi connectivity index (χ2v) is 8.33. The van der Waals surface area contributed by atoms with Gasteiger partial charge in [-0.05, 0) is 46.5 Å². The molecule has 0 saturated carbocycles. The van der Waals surface area contributed by atoms with Gasteiger partial charge in [0.15, 0.2) is 0 Å². The van der Waals surface area contributed by atoms with Crippen molar-refractivity contribution < 1.29 is 4.74 Å². The molecule has 27 heavy (non-hydrogen) atoms. The summed E-state index contributed by atoms with van der Waals surface area (Å²) in [4.78, 5) is 0. The fourth-order valence-electron chi connectivity index (χ4n) is 5.25. The Hall–Kier alpha value is -2.58. The lowest BCUT2D eigenvalue weighted by atomic mass is 9.60. The van der Waals surface area contributed by atoms with Crippen LogP contribution in [0.2, 0.25) is 0 Å². The van der Waals surface area contributed by atoms with Crippen molar-refractivity contribution in [2.45, 2.75) is 11.5 Å². The summed E-state index contributed by atoms with van der Waals surface area (Å²) in [6.45, 7) is 0. The lowest BCUT2D eigenvalue weighted by Gasteiger charge is -2.47. The molecular weight excluding hydrogens is 396 g/mol. The van der Waals surface area contributed by atoms with E-state index in [-0.39, 0.29) is 17.4 Å². The number of hydrogen-bond donors (Lipinski definition) is 0. The van der Waals surface area contributed by atoms with E-state index in [2.05, 4.69) is 107 Å². The SMILES string of the molecule is Brc1ccc2c(c1)C1(c3ccccc3-c3ccccc31)C1C=CC=CC1O2. The number of ether oxygens (including phenoxy) is 1. The van der Waals surface area contributed by atoms with Crippen molar-refractivity contribution in [1.29, 1.82) is 0 Å². The van der Waals surface area contributed by atoms with Gasteiger partial charge in [-0.3, -0.25) is 0 Å². The highest BCUT2D eigenvalue weighted by molar-refractivity contribution is 9.10. The molecule has 0 radical (unpaired) electrons. The van der Waals surface area contributed by atoms with Crippen LogP contribution in [-0.4, -0.2) is 6.10 Å². The number of fused-ring (bicyclic) bond motifs is 9. The maximum absolute atomic E-state index is 6.45. The molecule has 6 rings (SSSR count). The topological polar surface area (TPSA) is 9.23 Å². The van der Waals surface area contributed by atoms with Gasteiger partial charge in [-0.1, -0.05) is 82.7 Å². The zero-order valence-corrected chi connectivity index (χ0v) is 16.2. The van der Waals surface area contributed by atoms with Gasteiger partial charge in [0.25, 0.3) is 0 Å². The molecule has 2 unspecified atom stereocenters. The third kappa shape index (κ3) is 1.89. The fraction of sp³-hybridized carbons (Fsp3) is 0.120. The second kappa shape index (κ2) is 5.46. The van der Waals surface area contributed by atoms with Crippen molar-refractivity contribution in [2.75, 3.05) is 0 Å². The Morgan fingerprint density at radius 1 is 0.741 bits per heavy atom. The lowest BCUT2D eigenvalue weighted by molar-refractivity contribution is 0.141. The summed E-state index contributed by atoms with van der Waals surface area (Å²) in [5.74, 6) is 1.19. The Morgan fingerprint density at radius 2 is 1.41 bits per heavy atom. The first-order valence-electron chi connectivity index (χ1n) is 9.31. The van der Waals surface area contributed by atoms with E-state index in [0.29, 0.717) is 0 Å². The minimum Gasteiger partial charge on any atom is -0.485 e. The summed E-state index contributed by atoms with van der Waals surface area (Å²) in [5.41, 5.74) is 6.43. The molecule has 0 amide bonds. The minimum atomic E-state index is -0.240. The molecule has 0 fully saturated rings. The van der Waals surface area contributed by atoms with Crippen LogP contribution in [0.5, 0.6) is 5.75 Å². The molecular formula is C25H17BrO. The number of benzene rings is 3. The summed E-state index contributed by atoms with van der Waals surface area (Å²) in [5, 5.41) is 0. The average molecular weight is 413 g/mol. The van der Waals surface area contributed by atoms with Gasteiger partial charge in [0, 0.05) is 16.0 Å². The van der Waals surface area contributed by atoms with Crippen LogP contribution < -0.4 is 4.74 Å². The summed E-state index contributed by atoms with van der Waals surface area (Å²) in [6, 6.07) is 24.2. The molecule has 3 aromatic rings. The van der Waals surface area contributed by atoms with E-state index in [1.807, 2.05) is 0 Å². The van der Waals surface area contributed by atoms with Gasteiger partial charge in [0.1, 0.15) is 11.9 Å². The molecule has 1 heterocycles. The Bertz CT molecular complexity index is 1100. The van der Waals surface area contributed by atoms with Crippen LogP contribution in [-0.2, 0) is 5.41 Å². The Labute approximate surface area is 167 Å².